The van der Waals surface area contributed by atoms with E-state index >= 15 is 0 Å². The summed E-state index contributed by atoms with van der Waals surface area (Å²) in [6, 6.07) is 25.5. The summed E-state index contributed by atoms with van der Waals surface area (Å²) in [6.45, 7) is 2.46. The predicted octanol–water partition coefficient (Wildman–Crippen LogP) is 6.68. The van der Waals surface area contributed by atoms with Crippen molar-refractivity contribution in [1.29, 1.82) is 0 Å². The van der Waals surface area contributed by atoms with Crippen molar-refractivity contribution in [2.24, 2.45) is 10.2 Å². The number of para-hydroxylation sites is 1. The highest BCUT2D eigenvalue weighted by molar-refractivity contribution is 8.18. The molecule has 0 bridgehead atoms. The van der Waals surface area contributed by atoms with Gasteiger partial charge in [0.25, 0.3) is 5.91 Å². The Hall–Kier alpha value is -4.76. The summed E-state index contributed by atoms with van der Waals surface area (Å²) in [5.41, 5.74) is 1.51. The van der Waals surface area contributed by atoms with Crippen LogP contribution in [0.5, 0.6) is 23.0 Å². The lowest BCUT2D eigenvalue weighted by atomic mass is 10.2. The zero-order valence-electron chi connectivity index (χ0n) is 21.1. The van der Waals surface area contributed by atoms with Gasteiger partial charge in [0.2, 0.25) is 0 Å². The lowest BCUT2D eigenvalue weighted by molar-refractivity contribution is -0.122. The molecule has 9 heteroatoms. The van der Waals surface area contributed by atoms with Crippen molar-refractivity contribution < 1.29 is 23.8 Å². The van der Waals surface area contributed by atoms with E-state index in [1.54, 1.807) is 42.8 Å². The second-order valence-electron chi connectivity index (χ2n) is 8.36. The van der Waals surface area contributed by atoms with Crippen LogP contribution in [0.2, 0.25) is 0 Å². The first-order chi connectivity index (χ1) is 19.1. The van der Waals surface area contributed by atoms with Gasteiger partial charge in [-0.25, -0.2) is 0 Å². The molecule has 1 aliphatic heterocycles. The van der Waals surface area contributed by atoms with Crippen molar-refractivity contribution in [3.05, 3.63) is 113 Å². The topological polar surface area (TPSA) is 96.9 Å². The normalized spacial score (nSPS) is 15.5. The molecule has 39 heavy (non-hydrogen) atoms. The van der Waals surface area contributed by atoms with Crippen LogP contribution in [0.1, 0.15) is 23.8 Å². The Morgan fingerprint density at radius 2 is 1.82 bits per heavy atom. The number of benzene rings is 3. The lowest BCUT2D eigenvalue weighted by Gasteiger charge is -2.12. The predicted molar refractivity (Wildman–Crippen MR) is 152 cm³/mol. The zero-order chi connectivity index (χ0) is 27.0. The Kier molecular flexibility index (Phi) is 8.09. The standard InChI is InChI=1S/C30H25N3O5S/c1-2-36-27-17-21(13-14-26(27)34)18-28-29(35)33(20-25-12-7-15-37-25)30(39-28)32-31-19-22-8-6-11-24(16-22)38-23-9-4-3-5-10-23/h3-19,34H,2,20H2,1H3/b28-18-,31-19+,32-30-. The van der Waals surface area contributed by atoms with Crippen molar-refractivity contribution in [3.8, 4) is 23.0 Å². The number of phenolic OH excluding ortho intramolecular Hbond substituents is 1. The van der Waals surface area contributed by atoms with Gasteiger partial charge in [0.1, 0.15) is 17.3 Å². The van der Waals surface area contributed by atoms with Gasteiger partial charge in [-0.05, 0) is 84.4 Å². The number of amidine groups is 1. The molecule has 1 amide bonds. The van der Waals surface area contributed by atoms with Gasteiger partial charge >= 0.3 is 0 Å². The van der Waals surface area contributed by atoms with Crippen LogP contribution < -0.4 is 9.47 Å². The van der Waals surface area contributed by atoms with Crippen LogP contribution in [0.4, 0.5) is 0 Å². The van der Waals surface area contributed by atoms with Crippen molar-refractivity contribution in [1.82, 2.24) is 4.90 Å². The summed E-state index contributed by atoms with van der Waals surface area (Å²) in [5.74, 6) is 2.20. The molecule has 2 heterocycles. The van der Waals surface area contributed by atoms with E-state index in [0.29, 0.717) is 39.5 Å². The number of aromatic hydroxyl groups is 1. The summed E-state index contributed by atoms with van der Waals surface area (Å²) < 4.78 is 16.8. The summed E-state index contributed by atoms with van der Waals surface area (Å²) in [6.07, 6.45) is 4.91. The number of ether oxygens (including phenoxy) is 2. The molecule has 8 nitrogen and oxygen atoms in total. The van der Waals surface area contributed by atoms with Gasteiger partial charge in [0.15, 0.2) is 16.7 Å². The first kappa shape index (κ1) is 25.9. The number of phenols is 1. The molecule has 4 aromatic rings. The van der Waals surface area contributed by atoms with Crippen molar-refractivity contribution in [3.63, 3.8) is 0 Å². The fraction of sp³-hybridized carbons (Fsp3) is 0.100. The Balaban J connectivity index is 1.38. The van der Waals surface area contributed by atoms with Crippen LogP contribution in [0.25, 0.3) is 6.08 Å². The highest BCUT2D eigenvalue weighted by atomic mass is 32.2. The van der Waals surface area contributed by atoms with Crippen LogP contribution in [-0.2, 0) is 11.3 Å². The molecular formula is C30H25N3O5S. The van der Waals surface area contributed by atoms with E-state index in [0.717, 1.165) is 11.3 Å². The first-order valence-corrected chi connectivity index (χ1v) is 13.0. The van der Waals surface area contributed by atoms with E-state index in [2.05, 4.69) is 10.2 Å². The highest BCUT2D eigenvalue weighted by Crippen LogP contribution is 2.35. The molecule has 0 spiro atoms. The maximum atomic E-state index is 13.3. The maximum absolute atomic E-state index is 13.3. The maximum Gasteiger partial charge on any atom is 0.267 e. The number of nitrogens with zero attached hydrogens (tertiary/aromatic N) is 3. The lowest BCUT2D eigenvalue weighted by Crippen LogP contribution is -2.28. The Bertz CT molecular complexity index is 1530. The molecule has 1 aliphatic rings. The van der Waals surface area contributed by atoms with Crippen molar-refractivity contribution in [2.75, 3.05) is 6.61 Å². The summed E-state index contributed by atoms with van der Waals surface area (Å²) in [4.78, 5) is 15.3. The fourth-order valence-corrected chi connectivity index (χ4v) is 4.69. The summed E-state index contributed by atoms with van der Waals surface area (Å²) >= 11 is 1.21. The number of carbonyl (C=O) groups is 1. The number of carbonyl (C=O) groups excluding carboxylic acids is 1. The highest BCUT2D eigenvalue weighted by Gasteiger charge is 2.34. The summed E-state index contributed by atoms with van der Waals surface area (Å²) in [5, 5.41) is 19.0. The van der Waals surface area contributed by atoms with Gasteiger partial charge in [0.05, 0.1) is 30.5 Å². The van der Waals surface area contributed by atoms with E-state index in [1.807, 2.05) is 61.5 Å². The number of furan rings is 1. The average molecular weight is 540 g/mol. The van der Waals surface area contributed by atoms with Crippen molar-refractivity contribution >= 4 is 35.1 Å². The Morgan fingerprint density at radius 1 is 0.974 bits per heavy atom. The van der Waals surface area contributed by atoms with Crippen LogP contribution in [0, 0.1) is 0 Å². The minimum Gasteiger partial charge on any atom is -0.504 e. The first-order valence-electron chi connectivity index (χ1n) is 12.2. The molecule has 1 N–H and O–H groups in total. The molecule has 1 fully saturated rings. The molecule has 0 radical (unpaired) electrons. The summed E-state index contributed by atoms with van der Waals surface area (Å²) in [7, 11) is 0. The van der Waals surface area contributed by atoms with Crippen LogP contribution >= 0.6 is 11.8 Å². The van der Waals surface area contributed by atoms with E-state index < -0.39 is 0 Å². The second-order valence-corrected chi connectivity index (χ2v) is 9.37. The number of hydrogen-bond acceptors (Lipinski definition) is 8. The minimum atomic E-state index is -0.227. The second kappa shape index (κ2) is 12.2. The van der Waals surface area contributed by atoms with E-state index in [1.165, 1.54) is 22.7 Å². The van der Waals surface area contributed by atoms with Crippen LogP contribution in [0.3, 0.4) is 0 Å². The Morgan fingerprint density at radius 3 is 2.62 bits per heavy atom. The van der Waals surface area contributed by atoms with E-state index in [9.17, 15) is 9.90 Å². The number of rotatable bonds is 9. The molecular weight excluding hydrogens is 514 g/mol. The molecule has 0 unspecified atom stereocenters. The largest absolute Gasteiger partial charge is 0.504 e. The van der Waals surface area contributed by atoms with Gasteiger partial charge < -0.3 is 19.0 Å². The monoisotopic (exact) mass is 539 g/mol. The molecule has 5 rings (SSSR count). The SMILES string of the molecule is CCOc1cc(/C=C2\S/C(=N\N=C\c3cccc(Oc4ccccc4)c3)N(Cc3ccco3)C2=O)ccc1O. The third kappa shape index (κ3) is 6.58. The van der Waals surface area contributed by atoms with Crippen LogP contribution in [-0.4, -0.2) is 33.9 Å². The number of amides is 1. The average Bonchev–Trinajstić information content (AvgIpc) is 3.56. The zero-order valence-corrected chi connectivity index (χ0v) is 21.9. The molecule has 0 aliphatic carbocycles. The third-order valence-electron chi connectivity index (χ3n) is 5.55. The van der Waals surface area contributed by atoms with Gasteiger partial charge in [-0.3, -0.25) is 9.69 Å². The van der Waals surface area contributed by atoms with Crippen LogP contribution in [0.15, 0.2) is 111 Å². The fourth-order valence-electron chi connectivity index (χ4n) is 3.75. The number of thioether (sulfide) groups is 1. The number of hydrogen-bond donors (Lipinski definition) is 1. The van der Waals surface area contributed by atoms with Gasteiger partial charge in [-0.2, -0.15) is 5.10 Å². The quantitative estimate of drug-likeness (QED) is 0.145. The smallest absolute Gasteiger partial charge is 0.267 e. The van der Waals surface area contributed by atoms with E-state index in [4.69, 9.17) is 13.9 Å². The van der Waals surface area contributed by atoms with Crippen molar-refractivity contribution in [2.45, 2.75) is 13.5 Å². The van der Waals surface area contributed by atoms with E-state index in [-0.39, 0.29) is 18.2 Å². The van der Waals surface area contributed by atoms with Gasteiger partial charge in [-0.15, -0.1) is 5.10 Å². The third-order valence-corrected chi connectivity index (χ3v) is 6.55. The Labute approximate surface area is 229 Å². The van der Waals surface area contributed by atoms with Gasteiger partial charge in [-0.1, -0.05) is 36.4 Å². The molecule has 1 saturated heterocycles. The van der Waals surface area contributed by atoms with Gasteiger partial charge in [0, 0.05) is 0 Å². The molecule has 196 valence electrons. The molecule has 0 saturated carbocycles. The molecule has 1 aromatic heterocycles. The molecule has 0 atom stereocenters. The minimum absolute atomic E-state index is 0.0404. The molecule has 3 aromatic carbocycles.